The van der Waals surface area contributed by atoms with Gasteiger partial charge < -0.3 is 14.8 Å². The van der Waals surface area contributed by atoms with E-state index < -0.39 is 9.84 Å². The Kier molecular flexibility index (Phi) is 5.48. The first kappa shape index (κ1) is 18.0. The number of para-hydroxylation sites is 2. The largest absolute Gasteiger partial charge is 0.486 e. The van der Waals surface area contributed by atoms with Crippen LogP contribution in [0.5, 0.6) is 11.5 Å². The first-order valence-corrected chi connectivity index (χ1v) is 10.4. The van der Waals surface area contributed by atoms with Gasteiger partial charge in [0.15, 0.2) is 21.3 Å². The maximum absolute atomic E-state index is 12.2. The van der Waals surface area contributed by atoms with Crippen LogP contribution < -0.4 is 14.8 Å². The highest BCUT2D eigenvalue weighted by Gasteiger charge is 2.29. The number of nitrogens with zero attached hydrogens (tertiary/aromatic N) is 1. The summed E-state index contributed by atoms with van der Waals surface area (Å²) in [5.41, 5.74) is 0. The maximum Gasteiger partial charge on any atom is 0.234 e. The lowest BCUT2D eigenvalue weighted by Crippen LogP contribution is -2.47. The second-order valence-electron chi connectivity index (χ2n) is 6.49. The van der Waals surface area contributed by atoms with E-state index in [0.29, 0.717) is 26.1 Å². The molecule has 25 heavy (non-hydrogen) atoms. The highest BCUT2D eigenvalue weighted by atomic mass is 32.2. The molecule has 1 amide bonds. The van der Waals surface area contributed by atoms with Gasteiger partial charge in [0.25, 0.3) is 0 Å². The molecule has 0 aliphatic carbocycles. The van der Waals surface area contributed by atoms with Gasteiger partial charge in [0, 0.05) is 12.6 Å². The summed E-state index contributed by atoms with van der Waals surface area (Å²) >= 11 is 0. The number of hydrogen-bond acceptors (Lipinski definition) is 6. The van der Waals surface area contributed by atoms with Crippen LogP contribution in [0.25, 0.3) is 0 Å². The van der Waals surface area contributed by atoms with Crippen LogP contribution in [0.15, 0.2) is 24.3 Å². The summed E-state index contributed by atoms with van der Waals surface area (Å²) in [6, 6.07) is 7.26. The molecular formula is C17H24N2O5S. The van der Waals surface area contributed by atoms with Crippen LogP contribution in [-0.2, 0) is 14.6 Å². The fourth-order valence-corrected chi connectivity index (χ4v) is 4.81. The molecule has 2 heterocycles. The number of ether oxygens (including phenoxy) is 2. The van der Waals surface area contributed by atoms with Crippen LogP contribution in [0, 0.1) is 0 Å². The monoisotopic (exact) mass is 368 g/mol. The van der Waals surface area contributed by atoms with Gasteiger partial charge in [0.05, 0.1) is 18.1 Å². The van der Waals surface area contributed by atoms with E-state index in [1.165, 1.54) is 0 Å². The Bertz CT molecular complexity index is 722. The van der Waals surface area contributed by atoms with Crippen LogP contribution in [0.1, 0.15) is 13.3 Å². The van der Waals surface area contributed by atoms with Crippen molar-refractivity contribution in [3.8, 4) is 11.5 Å². The third kappa shape index (κ3) is 4.85. The Labute approximate surface area is 148 Å². The first-order chi connectivity index (χ1) is 11.9. The van der Waals surface area contributed by atoms with E-state index in [2.05, 4.69) is 5.32 Å². The summed E-state index contributed by atoms with van der Waals surface area (Å²) in [6.07, 6.45) is 0.353. The summed E-state index contributed by atoms with van der Waals surface area (Å²) in [7, 11) is -2.99. The number of amides is 1. The average molecular weight is 368 g/mol. The van der Waals surface area contributed by atoms with Gasteiger partial charge in [-0.25, -0.2) is 8.42 Å². The van der Waals surface area contributed by atoms with E-state index in [1.54, 1.807) is 0 Å². The minimum Gasteiger partial charge on any atom is -0.486 e. The number of nitrogens with one attached hydrogen (secondary N) is 1. The molecule has 2 atom stereocenters. The Morgan fingerprint density at radius 1 is 1.32 bits per heavy atom. The van der Waals surface area contributed by atoms with E-state index >= 15 is 0 Å². The molecule has 138 valence electrons. The van der Waals surface area contributed by atoms with Crippen molar-refractivity contribution in [1.82, 2.24) is 10.2 Å². The van der Waals surface area contributed by atoms with Crippen LogP contribution in [0.4, 0.5) is 0 Å². The summed E-state index contributed by atoms with van der Waals surface area (Å²) in [4.78, 5) is 14.2. The van der Waals surface area contributed by atoms with E-state index in [4.69, 9.17) is 9.47 Å². The molecule has 7 nitrogen and oxygen atoms in total. The molecule has 1 aromatic rings. The summed E-state index contributed by atoms with van der Waals surface area (Å²) < 4.78 is 34.6. The number of carbonyl (C=O) groups excluding carboxylic acids is 1. The lowest BCUT2D eigenvalue weighted by molar-refractivity contribution is -0.123. The molecule has 1 saturated heterocycles. The zero-order valence-electron chi connectivity index (χ0n) is 14.3. The van der Waals surface area contributed by atoms with Crippen LogP contribution in [-0.4, -0.2) is 69.1 Å². The van der Waals surface area contributed by atoms with Crippen molar-refractivity contribution in [2.24, 2.45) is 0 Å². The van der Waals surface area contributed by atoms with Gasteiger partial charge in [-0.1, -0.05) is 19.1 Å². The zero-order chi connectivity index (χ0) is 17.9. The minimum atomic E-state index is -2.99. The summed E-state index contributed by atoms with van der Waals surface area (Å²) in [5, 5.41) is 2.82. The molecular weight excluding hydrogens is 344 g/mol. The SMILES string of the molecule is CCN(CC(=O)N[C@H]1CCS(=O)(=O)C1)C[C@@H]1COc2ccccc2O1. The number of carbonyl (C=O) groups is 1. The molecule has 0 radical (unpaired) electrons. The van der Waals surface area contributed by atoms with E-state index in [9.17, 15) is 13.2 Å². The Hall–Kier alpha value is -1.80. The number of sulfone groups is 1. The molecule has 3 rings (SSSR count). The maximum atomic E-state index is 12.2. The van der Waals surface area contributed by atoms with E-state index in [-0.39, 0.29) is 36.1 Å². The van der Waals surface area contributed by atoms with Crippen molar-refractivity contribution in [3.05, 3.63) is 24.3 Å². The zero-order valence-corrected chi connectivity index (χ0v) is 15.1. The predicted molar refractivity (Wildman–Crippen MR) is 93.7 cm³/mol. The minimum absolute atomic E-state index is 0.0429. The molecule has 1 aromatic carbocycles. The van der Waals surface area contributed by atoms with Gasteiger partial charge >= 0.3 is 0 Å². The van der Waals surface area contributed by atoms with Gasteiger partial charge in [-0.05, 0) is 25.1 Å². The molecule has 0 unspecified atom stereocenters. The highest BCUT2D eigenvalue weighted by molar-refractivity contribution is 7.91. The normalized spacial score (nSPS) is 24.2. The molecule has 2 aliphatic rings. The highest BCUT2D eigenvalue weighted by Crippen LogP contribution is 2.30. The van der Waals surface area contributed by atoms with E-state index in [1.807, 2.05) is 36.1 Å². The first-order valence-electron chi connectivity index (χ1n) is 8.56. The lowest BCUT2D eigenvalue weighted by Gasteiger charge is -2.30. The number of rotatable bonds is 6. The predicted octanol–water partition coefficient (Wildman–Crippen LogP) is 0.452. The van der Waals surface area contributed by atoms with Crippen LogP contribution >= 0.6 is 0 Å². The number of hydrogen-bond donors (Lipinski definition) is 1. The van der Waals surface area contributed by atoms with Crippen molar-refractivity contribution in [3.63, 3.8) is 0 Å². The molecule has 0 bridgehead atoms. The van der Waals surface area contributed by atoms with Gasteiger partial charge in [-0.15, -0.1) is 0 Å². The molecule has 1 fully saturated rings. The van der Waals surface area contributed by atoms with Gasteiger partial charge in [-0.2, -0.15) is 0 Å². The Morgan fingerprint density at radius 2 is 2.08 bits per heavy atom. The van der Waals surface area contributed by atoms with Crippen molar-refractivity contribution < 1.29 is 22.7 Å². The fourth-order valence-electron chi connectivity index (χ4n) is 3.13. The Morgan fingerprint density at radius 3 is 2.76 bits per heavy atom. The van der Waals surface area contributed by atoms with Crippen molar-refractivity contribution in [2.75, 3.05) is 37.7 Å². The number of likely N-dealkylation sites (N-methyl/N-ethyl adjacent to an activating group) is 1. The summed E-state index contributed by atoms with van der Waals surface area (Å²) in [6.45, 7) is 3.90. The van der Waals surface area contributed by atoms with Gasteiger partial charge in [0.1, 0.15) is 12.7 Å². The van der Waals surface area contributed by atoms with Crippen molar-refractivity contribution in [1.29, 1.82) is 0 Å². The topological polar surface area (TPSA) is 84.9 Å². The van der Waals surface area contributed by atoms with Crippen molar-refractivity contribution >= 4 is 15.7 Å². The van der Waals surface area contributed by atoms with Crippen LogP contribution in [0.2, 0.25) is 0 Å². The standard InChI is InChI=1S/C17H24N2O5S/c1-2-19(10-17(20)18-13-7-8-25(21,22)12-13)9-14-11-23-15-5-3-4-6-16(15)24-14/h3-6,13-14H,2,7-12H2,1H3,(H,18,20)/t13-,14+/m0/s1. The second-order valence-corrected chi connectivity index (χ2v) is 8.72. The van der Waals surface area contributed by atoms with Crippen molar-refractivity contribution in [2.45, 2.75) is 25.5 Å². The quantitative estimate of drug-likeness (QED) is 0.785. The molecule has 0 saturated carbocycles. The third-order valence-corrected chi connectivity index (χ3v) is 6.21. The molecule has 1 N–H and O–H groups in total. The molecule has 0 spiro atoms. The van der Waals surface area contributed by atoms with Gasteiger partial charge in [-0.3, -0.25) is 9.69 Å². The molecule has 0 aromatic heterocycles. The lowest BCUT2D eigenvalue weighted by atomic mass is 10.2. The van der Waals surface area contributed by atoms with Crippen LogP contribution in [0.3, 0.4) is 0 Å². The Balaban J connectivity index is 1.49. The third-order valence-electron chi connectivity index (χ3n) is 4.44. The number of benzene rings is 1. The summed E-state index contributed by atoms with van der Waals surface area (Å²) in [5.74, 6) is 1.50. The average Bonchev–Trinajstić information content (AvgIpc) is 2.92. The second kappa shape index (κ2) is 7.61. The smallest absolute Gasteiger partial charge is 0.234 e. The molecule has 8 heteroatoms. The molecule has 2 aliphatic heterocycles. The fraction of sp³-hybridized carbons (Fsp3) is 0.588. The number of fused-ring (bicyclic) bond motifs is 1. The van der Waals surface area contributed by atoms with E-state index in [0.717, 1.165) is 11.5 Å². The van der Waals surface area contributed by atoms with Gasteiger partial charge in [0.2, 0.25) is 5.91 Å².